The molecule has 84 valence electrons. The summed E-state index contributed by atoms with van der Waals surface area (Å²) in [7, 11) is 0. The summed E-state index contributed by atoms with van der Waals surface area (Å²) >= 11 is 0. The molecule has 2 atom stereocenters. The molecule has 2 unspecified atom stereocenters. The maximum Gasteiger partial charge on any atom is 0.00388 e. The molecule has 1 saturated carbocycles. The third-order valence-corrected chi connectivity index (χ3v) is 3.96. The SMILES string of the molecule is CC.CCC1C2CC1CN(C(C)C)C2. The Hall–Kier alpha value is -0.0400. The van der Waals surface area contributed by atoms with Crippen molar-refractivity contribution >= 4 is 0 Å². The molecule has 1 nitrogen and oxygen atoms in total. The van der Waals surface area contributed by atoms with Gasteiger partial charge in [0, 0.05) is 19.1 Å². The van der Waals surface area contributed by atoms with Crippen molar-refractivity contribution in [1.82, 2.24) is 4.90 Å². The third kappa shape index (κ3) is 2.13. The third-order valence-electron chi connectivity index (χ3n) is 3.96. The zero-order valence-electron chi connectivity index (χ0n) is 10.6. The van der Waals surface area contributed by atoms with E-state index in [4.69, 9.17) is 0 Å². The molecule has 0 N–H and O–H groups in total. The van der Waals surface area contributed by atoms with Gasteiger partial charge in [-0.2, -0.15) is 0 Å². The number of nitrogens with zero attached hydrogens (tertiary/aromatic N) is 1. The minimum atomic E-state index is 0.771. The molecule has 0 amide bonds. The lowest BCUT2D eigenvalue weighted by atomic mass is 9.60. The van der Waals surface area contributed by atoms with E-state index in [0.29, 0.717) is 0 Å². The van der Waals surface area contributed by atoms with Crippen LogP contribution in [0, 0.1) is 17.8 Å². The lowest BCUT2D eigenvalue weighted by molar-refractivity contribution is -0.0562. The Morgan fingerprint density at radius 2 is 1.64 bits per heavy atom. The molecule has 0 spiro atoms. The van der Waals surface area contributed by atoms with Crippen molar-refractivity contribution in [2.45, 2.75) is 53.5 Å². The smallest absolute Gasteiger partial charge is 0.00388 e. The van der Waals surface area contributed by atoms with Crippen molar-refractivity contribution in [2.75, 3.05) is 13.1 Å². The zero-order valence-corrected chi connectivity index (χ0v) is 10.6. The lowest BCUT2D eigenvalue weighted by Crippen LogP contribution is -2.56. The first-order chi connectivity index (χ1) is 6.72. The Labute approximate surface area is 89.9 Å². The van der Waals surface area contributed by atoms with E-state index in [1.807, 2.05) is 13.8 Å². The molecule has 2 saturated heterocycles. The molecule has 2 bridgehead atoms. The highest BCUT2D eigenvalue weighted by Gasteiger charge is 2.45. The molecule has 2 heterocycles. The average Bonchev–Trinajstić information content (AvgIpc) is 2.21. The predicted molar refractivity (Wildman–Crippen MR) is 63.4 cm³/mol. The van der Waals surface area contributed by atoms with Gasteiger partial charge in [0.2, 0.25) is 0 Å². The van der Waals surface area contributed by atoms with Crippen LogP contribution in [0.1, 0.15) is 47.5 Å². The van der Waals surface area contributed by atoms with E-state index in [-0.39, 0.29) is 0 Å². The summed E-state index contributed by atoms with van der Waals surface area (Å²) < 4.78 is 0. The number of hydrogen-bond acceptors (Lipinski definition) is 1. The van der Waals surface area contributed by atoms with Crippen LogP contribution in [0.15, 0.2) is 0 Å². The van der Waals surface area contributed by atoms with Crippen molar-refractivity contribution in [2.24, 2.45) is 17.8 Å². The van der Waals surface area contributed by atoms with Crippen molar-refractivity contribution in [3.63, 3.8) is 0 Å². The van der Waals surface area contributed by atoms with Gasteiger partial charge in [0.1, 0.15) is 0 Å². The van der Waals surface area contributed by atoms with Crippen LogP contribution < -0.4 is 0 Å². The molecule has 14 heavy (non-hydrogen) atoms. The van der Waals surface area contributed by atoms with Crippen molar-refractivity contribution in [3.05, 3.63) is 0 Å². The van der Waals surface area contributed by atoms with Gasteiger partial charge in [-0.05, 0) is 38.0 Å². The number of fused-ring (bicyclic) bond motifs is 2. The van der Waals surface area contributed by atoms with Crippen LogP contribution >= 0.6 is 0 Å². The van der Waals surface area contributed by atoms with Gasteiger partial charge in [0.15, 0.2) is 0 Å². The summed E-state index contributed by atoms with van der Waals surface area (Å²) in [4.78, 5) is 2.66. The van der Waals surface area contributed by atoms with E-state index in [0.717, 1.165) is 23.8 Å². The monoisotopic (exact) mass is 197 g/mol. The van der Waals surface area contributed by atoms with Crippen LogP contribution in [0.2, 0.25) is 0 Å². The number of rotatable bonds is 2. The number of hydrogen-bond donors (Lipinski definition) is 0. The summed E-state index contributed by atoms with van der Waals surface area (Å²) in [5.74, 6) is 3.19. The normalized spacial score (nSPS) is 36.0. The van der Waals surface area contributed by atoms with Crippen LogP contribution in [-0.4, -0.2) is 24.0 Å². The van der Waals surface area contributed by atoms with E-state index in [2.05, 4.69) is 25.7 Å². The minimum Gasteiger partial charge on any atom is -0.300 e. The Morgan fingerprint density at radius 3 is 2.00 bits per heavy atom. The van der Waals surface area contributed by atoms with E-state index < -0.39 is 0 Å². The van der Waals surface area contributed by atoms with Gasteiger partial charge in [-0.25, -0.2) is 0 Å². The second-order valence-corrected chi connectivity index (χ2v) is 4.88. The fourth-order valence-corrected chi connectivity index (χ4v) is 3.11. The highest BCUT2D eigenvalue weighted by Crippen LogP contribution is 2.47. The molecule has 3 rings (SSSR count). The van der Waals surface area contributed by atoms with Crippen LogP contribution in [0.3, 0.4) is 0 Å². The topological polar surface area (TPSA) is 3.24 Å². The highest BCUT2D eigenvalue weighted by atomic mass is 15.2. The summed E-state index contributed by atoms with van der Waals surface area (Å²) in [6.07, 6.45) is 2.95. The molecule has 0 radical (unpaired) electrons. The molecule has 0 aromatic carbocycles. The first-order valence-corrected chi connectivity index (χ1v) is 6.46. The van der Waals surface area contributed by atoms with Crippen LogP contribution in [0.4, 0.5) is 0 Å². The second-order valence-electron chi connectivity index (χ2n) is 4.88. The van der Waals surface area contributed by atoms with E-state index in [1.54, 1.807) is 0 Å². The lowest BCUT2D eigenvalue weighted by Gasteiger charge is -2.54. The van der Waals surface area contributed by atoms with E-state index >= 15 is 0 Å². The van der Waals surface area contributed by atoms with Gasteiger partial charge in [-0.15, -0.1) is 0 Å². The van der Waals surface area contributed by atoms with Gasteiger partial charge in [0.25, 0.3) is 0 Å². The molecular formula is C13H27N. The summed E-state index contributed by atoms with van der Waals surface area (Å²) in [6.45, 7) is 13.8. The molecule has 2 aliphatic heterocycles. The molecule has 0 aromatic rings. The Balaban J connectivity index is 0.000000461. The average molecular weight is 197 g/mol. The minimum absolute atomic E-state index is 0.771. The Bertz CT molecular complexity index is 153. The van der Waals surface area contributed by atoms with Crippen molar-refractivity contribution in [3.8, 4) is 0 Å². The summed E-state index contributed by atoms with van der Waals surface area (Å²) in [5, 5.41) is 0. The Kier molecular flexibility index (Phi) is 4.43. The quantitative estimate of drug-likeness (QED) is 0.656. The van der Waals surface area contributed by atoms with Crippen LogP contribution in [0.5, 0.6) is 0 Å². The fourth-order valence-electron chi connectivity index (χ4n) is 3.11. The summed E-state index contributed by atoms with van der Waals surface area (Å²) in [5.41, 5.74) is 0. The molecule has 3 aliphatic rings. The molecule has 3 fully saturated rings. The van der Waals surface area contributed by atoms with Crippen molar-refractivity contribution in [1.29, 1.82) is 0 Å². The largest absolute Gasteiger partial charge is 0.300 e. The van der Waals surface area contributed by atoms with Gasteiger partial charge in [-0.3, -0.25) is 0 Å². The van der Waals surface area contributed by atoms with Crippen molar-refractivity contribution < 1.29 is 0 Å². The summed E-state index contributed by atoms with van der Waals surface area (Å²) in [6, 6.07) is 0.771. The molecule has 1 heteroatoms. The van der Waals surface area contributed by atoms with Crippen LogP contribution in [0.25, 0.3) is 0 Å². The van der Waals surface area contributed by atoms with Gasteiger partial charge >= 0.3 is 0 Å². The first kappa shape index (κ1) is 12.0. The molecule has 0 aromatic heterocycles. The highest BCUT2D eigenvalue weighted by molar-refractivity contribution is 4.96. The predicted octanol–water partition coefficient (Wildman–Crippen LogP) is 3.40. The fraction of sp³-hybridized carbons (Fsp3) is 1.00. The van der Waals surface area contributed by atoms with Crippen LogP contribution in [-0.2, 0) is 0 Å². The van der Waals surface area contributed by atoms with Gasteiger partial charge in [-0.1, -0.05) is 27.2 Å². The van der Waals surface area contributed by atoms with Gasteiger partial charge < -0.3 is 4.90 Å². The van der Waals surface area contributed by atoms with Gasteiger partial charge in [0.05, 0.1) is 0 Å². The Morgan fingerprint density at radius 1 is 1.14 bits per heavy atom. The standard InChI is InChI=1S/C11H21N.C2H6/c1-4-11-9-5-10(11)7-12(6-9)8(2)3;1-2/h8-11H,4-7H2,1-3H3;1-2H3. The van der Waals surface area contributed by atoms with E-state index in [9.17, 15) is 0 Å². The second kappa shape index (κ2) is 5.16. The molecule has 1 aliphatic carbocycles. The maximum absolute atomic E-state index is 2.66. The zero-order chi connectivity index (χ0) is 10.7. The molecular weight excluding hydrogens is 170 g/mol. The maximum atomic E-state index is 2.66. The first-order valence-electron chi connectivity index (χ1n) is 6.46. The van der Waals surface area contributed by atoms with E-state index in [1.165, 1.54) is 25.9 Å². The number of piperidine rings is 2.